The maximum atomic E-state index is 5.85. The molecule has 0 amide bonds. The van der Waals surface area contributed by atoms with Crippen molar-refractivity contribution in [3.05, 3.63) is 46.2 Å². The lowest BCUT2D eigenvalue weighted by atomic mass is 10.2. The van der Waals surface area contributed by atoms with E-state index in [9.17, 15) is 0 Å². The Morgan fingerprint density at radius 2 is 2.10 bits per heavy atom. The third-order valence-corrected chi connectivity index (χ3v) is 4.36. The normalized spacial score (nSPS) is 14.1. The molecule has 0 aliphatic heterocycles. The number of thiophene rings is 1. The molecule has 1 aromatic heterocycles. The zero-order valence-electron chi connectivity index (χ0n) is 12.3. The molecule has 0 saturated heterocycles. The molecular weight excluding hydrogens is 282 g/mol. The van der Waals surface area contributed by atoms with Crippen LogP contribution < -0.4 is 14.8 Å². The van der Waals surface area contributed by atoms with Crippen LogP contribution in [-0.2, 0) is 13.0 Å². The molecule has 1 aliphatic carbocycles. The minimum absolute atomic E-state index is 0.673. The molecule has 1 N–H and O–H groups in total. The Labute approximate surface area is 129 Å². The largest absolute Gasteiger partial charge is 0.493 e. The van der Waals surface area contributed by atoms with Gasteiger partial charge in [-0.05, 0) is 52.9 Å². The molecule has 2 aromatic rings. The van der Waals surface area contributed by atoms with E-state index in [4.69, 9.17) is 9.47 Å². The van der Waals surface area contributed by atoms with E-state index < -0.39 is 0 Å². The molecule has 0 atom stereocenters. The van der Waals surface area contributed by atoms with Crippen molar-refractivity contribution in [2.24, 2.45) is 0 Å². The highest BCUT2D eigenvalue weighted by atomic mass is 32.1. The Hall–Kier alpha value is -1.52. The lowest BCUT2D eigenvalue weighted by Gasteiger charge is -2.12. The monoisotopic (exact) mass is 303 g/mol. The molecule has 0 spiro atoms. The minimum Gasteiger partial charge on any atom is -0.493 e. The van der Waals surface area contributed by atoms with E-state index in [-0.39, 0.29) is 0 Å². The second kappa shape index (κ2) is 6.96. The van der Waals surface area contributed by atoms with Gasteiger partial charge in [0.25, 0.3) is 0 Å². The van der Waals surface area contributed by atoms with Gasteiger partial charge in [0.15, 0.2) is 11.5 Å². The Kier molecular flexibility index (Phi) is 4.78. The predicted molar refractivity (Wildman–Crippen MR) is 86.4 cm³/mol. The van der Waals surface area contributed by atoms with Gasteiger partial charge < -0.3 is 14.8 Å². The van der Waals surface area contributed by atoms with Crippen LogP contribution in [-0.4, -0.2) is 19.8 Å². The molecule has 0 radical (unpaired) electrons. The SMILES string of the molecule is COc1cc(CNC2CC2)ccc1OCCc1ccsc1. The van der Waals surface area contributed by atoms with Crippen molar-refractivity contribution >= 4 is 11.3 Å². The Bertz CT molecular complexity index is 564. The summed E-state index contributed by atoms with van der Waals surface area (Å²) in [5.74, 6) is 1.64. The van der Waals surface area contributed by atoms with Gasteiger partial charge in [-0.15, -0.1) is 0 Å². The van der Waals surface area contributed by atoms with Crippen molar-refractivity contribution in [2.75, 3.05) is 13.7 Å². The Morgan fingerprint density at radius 3 is 2.81 bits per heavy atom. The Morgan fingerprint density at radius 1 is 1.19 bits per heavy atom. The van der Waals surface area contributed by atoms with Crippen molar-refractivity contribution in [1.82, 2.24) is 5.32 Å². The fourth-order valence-electron chi connectivity index (χ4n) is 2.20. The molecule has 112 valence electrons. The highest BCUT2D eigenvalue weighted by molar-refractivity contribution is 7.07. The number of rotatable bonds is 8. The second-order valence-corrected chi connectivity index (χ2v) is 6.15. The zero-order chi connectivity index (χ0) is 14.5. The van der Waals surface area contributed by atoms with Gasteiger partial charge in [-0.25, -0.2) is 0 Å². The number of ether oxygens (including phenoxy) is 2. The molecule has 1 heterocycles. The number of methoxy groups -OCH3 is 1. The van der Waals surface area contributed by atoms with Crippen LogP contribution >= 0.6 is 11.3 Å². The summed E-state index contributed by atoms with van der Waals surface area (Å²) in [5.41, 5.74) is 2.56. The number of hydrogen-bond acceptors (Lipinski definition) is 4. The van der Waals surface area contributed by atoms with E-state index in [0.717, 1.165) is 30.5 Å². The van der Waals surface area contributed by atoms with Gasteiger partial charge >= 0.3 is 0 Å². The molecule has 1 fully saturated rings. The molecule has 0 unspecified atom stereocenters. The van der Waals surface area contributed by atoms with Crippen LogP contribution in [0.15, 0.2) is 35.0 Å². The molecule has 0 bridgehead atoms. The van der Waals surface area contributed by atoms with Gasteiger partial charge in [-0.1, -0.05) is 6.07 Å². The van der Waals surface area contributed by atoms with Crippen LogP contribution in [0.2, 0.25) is 0 Å². The summed E-state index contributed by atoms with van der Waals surface area (Å²) >= 11 is 1.72. The molecular formula is C17H21NO2S. The van der Waals surface area contributed by atoms with Crippen LogP contribution in [0, 0.1) is 0 Å². The first-order chi connectivity index (χ1) is 10.3. The van der Waals surface area contributed by atoms with E-state index in [2.05, 4.69) is 34.3 Å². The summed E-state index contributed by atoms with van der Waals surface area (Å²) in [6.07, 6.45) is 3.54. The summed E-state index contributed by atoms with van der Waals surface area (Å²) in [6.45, 7) is 1.57. The molecule has 21 heavy (non-hydrogen) atoms. The second-order valence-electron chi connectivity index (χ2n) is 5.37. The van der Waals surface area contributed by atoms with Crippen molar-refractivity contribution in [2.45, 2.75) is 31.8 Å². The van der Waals surface area contributed by atoms with Crippen LogP contribution in [0.1, 0.15) is 24.0 Å². The topological polar surface area (TPSA) is 30.5 Å². The van der Waals surface area contributed by atoms with Crippen LogP contribution in [0.5, 0.6) is 11.5 Å². The number of nitrogens with one attached hydrogen (secondary N) is 1. The first-order valence-corrected chi connectivity index (χ1v) is 8.33. The molecule has 3 rings (SSSR count). The third kappa shape index (κ3) is 4.22. The molecule has 1 aliphatic rings. The smallest absolute Gasteiger partial charge is 0.161 e. The Balaban J connectivity index is 1.55. The summed E-state index contributed by atoms with van der Waals surface area (Å²) in [6, 6.07) is 9.04. The molecule has 1 saturated carbocycles. The quantitative estimate of drug-likeness (QED) is 0.808. The summed E-state index contributed by atoms with van der Waals surface area (Å²) in [7, 11) is 1.69. The van der Waals surface area contributed by atoms with Crippen molar-refractivity contribution in [1.29, 1.82) is 0 Å². The first-order valence-electron chi connectivity index (χ1n) is 7.39. The van der Waals surface area contributed by atoms with E-state index in [1.54, 1.807) is 18.4 Å². The highest BCUT2D eigenvalue weighted by Crippen LogP contribution is 2.29. The van der Waals surface area contributed by atoms with E-state index in [0.29, 0.717) is 6.61 Å². The maximum Gasteiger partial charge on any atom is 0.161 e. The molecule has 4 heteroatoms. The standard InChI is InChI=1S/C17H21NO2S/c1-19-17-10-14(11-18-15-3-4-15)2-5-16(17)20-8-6-13-7-9-21-12-13/h2,5,7,9-10,12,15,18H,3-4,6,8,11H2,1H3. The number of hydrogen-bond donors (Lipinski definition) is 1. The van der Waals surface area contributed by atoms with Gasteiger partial charge in [0.1, 0.15) is 0 Å². The predicted octanol–water partition coefficient (Wildman–Crippen LogP) is 3.63. The van der Waals surface area contributed by atoms with Gasteiger partial charge in [-0.2, -0.15) is 11.3 Å². The van der Waals surface area contributed by atoms with E-state index in [1.807, 2.05) is 6.07 Å². The van der Waals surface area contributed by atoms with Gasteiger partial charge in [0.2, 0.25) is 0 Å². The fourth-order valence-corrected chi connectivity index (χ4v) is 2.91. The average molecular weight is 303 g/mol. The lowest BCUT2D eigenvalue weighted by molar-refractivity contribution is 0.297. The van der Waals surface area contributed by atoms with Gasteiger partial charge in [-0.3, -0.25) is 0 Å². The molecule has 1 aromatic carbocycles. The van der Waals surface area contributed by atoms with Crippen LogP contribution in [0.3, 0.4) is 0 Å². The van der Waals surface area contributed by atoms with Gasteiger partial charge in [0.05, 0.1) is 13.7 Å². The minimum atomic E-state index is 0.673. The van der Waals surface area contributed by atoms with Crippen LogP contribution in [0.4, 0.5) is 0 Å². The summed E-state index contributed by atoms with van der Waals surface area (Å²) in [4.78, 5) is 0. The maximum absolute atomic E-state index is 5.85. The highest BCUT2D eigenvalue weighted by Gasteiger charge is 2.20. The fraction of sp³-hybridized carbons (Fsp3) is 0.412. The van der Waals surface area contributed by atoms with Crippen molar-refractivity contribution in [3.8, 4) is 11.5 Å². The zero-order valence-corrected chi connectivity index (χ0v) is 13.1. The van der Waals surface area contributed by atoms with Crippen molar-refractivity contribution < 1.29 is 9.47 Å². The summed E-state index contributed by atoms with van der Waals surface area (Å²) in [5, 5.41) is 7.76. The van der Waals surface area contributed by atoms with E-state index in [1.165, 1.54) is 24.0 Å². The first kappa shape index (κ1) is 14.4. The molecule has 3 nitrogen and oxygen atoms in total. The van der Waals surface area contributed by atoms with E-state index >= 15 is 0 Å². The summed E-state index contributed by atoms with van der Waals surface area (Å²) < 4.78 is 11.3. The third-order valence-electron chi connectivity index (χ3n) is 3.63. The van der Waals surface area contributed by atoms with Gasteiger partial charge in [0, 0.05) is 19.0 Å². The average Bonchev–Trinajstić information content (AvgIpc) is 3.20. The van der Waals surface area contributed by atoms with Crippen molar-refractivity contribution in [3.63, 3.8) is 0 Å². The van der Waals surface area contributed by atoms with Crippen LogP contribution in [0.25, 0.3) is 0 Å². The number of benzene rings is 1. The lowest BCUT2D eigenvalue weighted by Crippen LogP contribution is -2.15.